The smallest absolute Gasteiger partial charge is 0.387 e. The lowest BCUT2D eigenvalue weighted by molar-refractivity contribution is -0.582. The Bertz CT molecular complexity index is 889. The number of rotatable bonds is 3. The number of methoxy groups -OCH3 is 1. The Morgan fingerprint density at radius 1 is 1.09 bits per heavy atom. The van der Waals surface area contributed by atoms with Gasteiger partial charge in [-0.1, -0.05) is 23.8 Å². The summed E-state index contributed by atoms with van der Waals surface area (Å²) in [4.78, 5) is 12.3. The molecule has 2 aromatic carbocycles. The Morgan fingerprint density at radius 3 is 2.65 bits per heavy atom. The molecule has 0 unspecified atom stereocenters. The predicted molar refractivity (Wildman–Crippen MR) is 85.6 cm³/mol. The number of pyridine rings is 1. The van der Waals surface area contributed by atoms with Crippen molar-refractivity contribution in [3.63, 3.8) is 0 Å². The van der Waals surface area contributed by atoms with Crippen LogP contribution in [0.5, 0.6) is 11.6 Å². The summed E-state index contributed by atoms with van der Waals surface area (Å²) in [6.45, 7) is 1.95. The second kappa shape index (κ2) is 5.96. The quantitative estimate of drug-likeness (QED) is 0.424. The van der Waals surface area contributed by atoms with E-state index in [1.807, 2.05) is 19.1 Å². The van der Waals surface area contributed by atoms with E-state index in [0.29, 0.717) is 16.0 Å². The molecule has 0 bridgehead atoms. The molecule has 3 rings (SSSR count). The first-order valence-corrected chi connectivity index (χ1v) is 7.08. The molecule has 0 aliphatic carbocycles. The Kier molecular flexibility index (Phi) is 3.85. The van der Waals surface area contributed by atoms with Crippen LogP contribution in [0, 0.1) is 12.1 Å². The lowest BCUT2D eigenvalue weighted by Crippen LogP contribution is -2.31. The van der Waals surface area contributed by atoms with E-state index in [4.69, 9.17) is 9.47 Å². The van der Waals surface area contributed by atoms with E-state index < -0.39 is 5.97 Å². The van der Waals surface area contributed by atoms with Crippen LogP contribution in [-0.2, 0) is 0 Å². The van der Waals surface area contributed by atoms with Crippen molar-refractivity contribution in [3.8, 4) is 11.6 Å². The Balaban J connectivity index is 1.97. The van der Waals surface area contributed by atoms with Gasteiger partial charge in [0.1, 0.15) is 11.3 Å². The summed E-state index contributed by atoms with van der Waals surface area (Å²) in [5.41, 5.74) is 1.76. The van der Waals surface area contributed by atoms with Gasteiger partial charge in [-0.3, -0.25) is 0 Å². The number of carbonyl (C=O) groups is 1. The minimum Gasteiger partial charge on any atom is -0.616 e. The number of hydrogen-bond acceptors (Lipinski definition) is 4. The van der Waals surface area contributed by atoms with Gasteiger partial charge >= 0.3 is 11.8 Å². The van der Waals surface area contributed by atoms with Crippen molar-refractivity contribution < 1.29 is 19.0 Å². The molecule has 0 aliphatic heterocycles. The lowest BCUT2D eigenvalue weighted by atomic mass is 10.1. The van der Waals surface area contributed by atoms with Crippen LogP contribution in [0.4, 0.5) is 0 Å². The van der Waals surface area contributed by atoms with Gasteiger partial charge in [0, 0.05) is 11.5 Å². The van der Waals surface area contributed by atoms with E-state index in [-0.39, 0.29) is 11.4 Å². The fourth-order valence-corrected chi connectivity index (χ4v) is 2.38. The number of benzene rings is 2. The molecule has 116 valence electrons. The maximum Gasteiger partial charge on any atom is 0.387 e. The summed E-state index contributed by atoms with van der Waals surface area (Å²) < 4.78 is 11.0. The third kappa shape index (κ3) is 2.81. The van der Waals surface area contributed by atoms with Crippen LogP contribution in [-0.4, -0.2) is 13.1 Å². The van der Waals surface area contributed by atoms with Gasteiger partial charge in [-0.25, -0.2) is 4.79 Å². The van der Waals surface area contributed by atoms with Crippen LogP contribution in [0.25, 0.3) is 10.9 Å². The highest BCUT2D eigenvalue weighted by Crippen LogP contribution is 2.20. The number of para-hydroxylation sites is 1. The van der Waals surface area contributed by atoms with Gasteiger partial charge in [-0.05, 0) is 31.2 Å². The third-order valence-electron chi connectivity index (χ3n) is 3.53. The summed E-state index contributed by atoms with van der Waals surface area (Å²) in [5, 5.41) is 13.2. The summed E-state index contributed by atoms with van der Waals surface area (Å²) in [6.07, 6.45) is 0. The van der Waals surface area contributed by atoms with Crippen LogP contribution >= 0.6 is 0 Å². The molecule has 0 saturated carbocycles. The minimum atomic E-state index is -0.640. The molecule has 5 heteroatoms. The molecule has 0 spiro atoms. The maximum absolute atomic E-state index is 12.4. The second-order valence-electron chi connectivity index (χ2n) is 5.12. The fourth-order valence-electron chi connectivity index (χ4n) is 2.38. The number of nitrogens with zero attached hydrogens (tertiary/aromatic N) is 1. The van der Waals surface area contributed by atoms with Crippen molar-refractivity contribution in [3.05, 3.63) is 70.9 Å². The molecule has 5 nitrogen and oxygen atoms in total. The molecular formula is C18H15NO4. The average Bonchev–Trinajstić information content (AvgIpc) is 2.57. The van der Waals surface area contributed by atoms with Crippen LogP contribution in [0.2, 0.25) is 0 Å². The first-order valence-electron chi connectivity index (χ1n) is 7.08. The lowest BCUT2D eigenvalue weighted by Gasteiger charge is -2.09. The van der Waals surface area contributed by atoms with Gasteiger partial charge in [0.25, 0.3) is 0 Å². The van der Waals surface area contributed by atoms with Crippen molar-refractivity contribution in [2.75, 3.05) is 7.11 Å². The maximum atomic E-state index is 12.4. The Hall–Kier alpha value is -3.08. The highest BCUT2D eigenvalue weighted by atomic mass is 16.6. The van der Waals surface area contributed by atoms with Crippen LogP contribution in [0.3, 0.4) is 0 Å². The number of carbonyl (C=O) groups excluding carboxylic acids is 1. The molecule has 0 radical (unpaired) electrons. The fraction of sp³-hybridized carbons (Fsp3) is 0.111. The molecule has 3 aromatic rings. The molecule has 1 heterocycles. The van der Waals surface area contributed by atoms with Crippen LogP contribution in [0.1, 0.15) is 15.9 Å². The zero-order valence-corrected chi connectivity index (χ0v) is 12.8. The van der Waals surface area contributed by atoms with Gasteiger partial charge < -0.3 is 14.7 Å². The van der Waals surface area contributed by atoms with E-state index in [9.17, 15) is 10.0 Å². The largest absolute Gasteiger partial charge is 0.616 e. The molecule has 0 saturated heterocycles. The topological polar surface area (TPSA) is 62.5 Å². The number of aromatic nitrogens is 1. The van der Waals surface area contributed by atoms with Crippen molar-refractivity contribution in [2.24, 2.45) is 0 Å². The molecule has 0 N–H and O–H groups in total. The SMILES string of the molecule is COc1ccccc1C(=O)Oc1ccc2cc(C)ccc2[n+]1[O-]. The van der Waals surface area contributed by atoms with E-state index in [2.05, 4.69) is 0 Å². The van der Waals surface area contributed by atoms with Crippen molar-refractivity contribution in [1.82, 2.24) is 0 Å². The standard InChI is InChI=1S/C18H15NO4/c1-12-7-9-15-13(11-12)8-10-17(19(15)21)23-18(20)14-5-3-4-6-16(14)22-2/h3-11H,1-2H3. The second-order valence-corrected chi connectivity index (χ2v) is 5.12. The van der Waals surface area contributed by atoms with Crippen molar-refractivity contribution >= 4 is 16.9 Å². The van der Waals surface area contributed by atoms with E-state index in [1.165, 1.54) is 13.2 Å². The predicted octanol–water partition coefficient (Wildman–Crippen LogP) is 3.01. The Labute approximate surface area is 133 Å². The molecular weight excluding hydrogens is 294 g/mol. The zero-order chi connectivity index (χ0) is 16.4. The van der Waals surface area contributed by atoms with Crippen molar-refractivity contribution in [1.29, 1.82) is 0 Å². The monoisotopic (exact) mass is 309 g/mol. The average molecular weight is 309 g/mol. The van der Waals surface area contributed by atoms with E-state index in [1.54, 1.807) is 36.4 Å². The molecule has 0 fully saturated rings. The number of hydrogen-bond donors (Lipinski definition) is 0. The number of ether oxygens (including phenoxy) is 2. The van der Waals surface area contributed by atoms with Crippen molar-refractivity contribution in [2.45, 2.75) is 6.92 Å². The zero-order valence-electron chi connectivity index (χ0n) is 12.8. The number of fused-ring (bicyclic) bond motifs is 1. The van der Waals surface area contributed by atoms with Gasteiger partial charge in [-0.2, -0.15) is 0 Å². The third-order valence-corrected chi connectivity index (χ3v) is 3.53. The van der Waals surface area contributed by atoms with Crippen LogP contribution < -0.4 is 14.2 Å². The normalized spacial score (nSPS) is 10.5. The first kappa shape index (κ1) is 14.8. The molecule has 0 atom stereocenters. The highest BCUT2D eigenvalue weighted by molar-refractivity contribution is 5.93. The minimum absolute atomic E-state index is 0.0720. The molecule has 0 aliphatic rings. The highest BCUT2D eigenvalue weighted by Gasteiger charge is 2.19. The van der Waals surface area contributed by atoms with Gasteiger partial charge in [-0.15, -0.1) is 4.73 Å². The molecule has 1 aromatic heterocycles. The summed E-state index contributed by atoms with van der Waals surface area (Å²) in [5.74, 6) is -0.317. The summed E-state index contributed by atoms with van der Waals surface area (Å²) in [6, 6.07) is 15.4. The van der Waals surface area contributed by atoms with Gasteiger partial charge in [0.05, 0.1) is 13.2 Å². The molecule has 0 amide bonds. The van der Waals surface area contributed by atoms with Crippen LogP contribution in [0.15, 0.2) is 54.6 Å². The summed E-state index contributed by atoms with van der Waals surface area (Å²) >= 11 is 0. The first-order chi connectivity index (χ1) is 11.1. The summed E-state index contributed by atoms with van der Waals surface area (Å²) in [7, 11) is 1.47. The number of esters is 1. The number of aryl methyl sites for hydroxylation is 1. The van der Waals surface area contributed by atoms with E-state index in [0.717, 1.165) is 10.9 Å². The van der Waals surface area contributed by atoms with Gasteiger partial charge in [0.2, 0.25) is 5.52 Å². The van der Waals surface area contributed by atoms with E-state index >= 15 is 0 Å². The Morgan fingerprint density at radius 2 is 1.87 bits per heavy atom. The molecule has 23 heavy (non-hydrogen) atoms. The van der Waals surface area contributed by atoms with Gasteiger partial charge in [0.15, 0.2) is 0 Å².